The van der Waals surface area contributed by atoms with Crippen LogP contribution in [0.2, 0.25) is 0 Å². The zero-order valence-corrected chi connectivity index (χ0v) is 15.4. The maximum Gasteiger partial charge on any atom is 0.258 e. The lowest BCUT2D eigenvalue weighted by molar-refractivity contribution is -0.123. The molecule has 1 unspecified atom stereocenters. The molecule has 2 aromatic rings. The number of rotatable bonds is 4. The molecule has 0 bridgehead atoms. The first-order chi connectivity index (χ1) is 13.5. The van der Waals surface area contributed by atoms with Gasteiger partial charge in [0.05, 0.1) is 18.6 Å². The van der Waals surface area contributed by atoms with Crippen molar-refractivity contribution in [2.75, 3.05) is 35.7 Å². The molecule has 0 spiro atoms. The third kappa shape index (κ3) is 3.42. The van der Waals surface area contributed by atoms with E-state index in [2.05, 4.69) is 20.6 Å². The van der Waals surface area contributed by atoms with Gasteiger partial charge in [-0.15, -0.1) is 0 Å². The topological polar surface area (TPSA) is 116 Å². The number of aromatic nitrogens is 2. The third-order valence-electron chi connectivity index (χ3n) is 5.02. The minimum absolute atomic E-state index is 0.108. The number of carbonyl (C=O) groups excluding carboxylic acids is 2. The molecule has 1 aromatic heterocycles. The monoisotopic (exact) mass is 383 g/mol. The lowest BCUT2D eigenvalue weighted by Gasteiger charge is -2.25. The fraction of sp³-hybridized carbons (Fsp3) is 0.368. The summed E-state index contributed by atoms with van der Waals surface area (Å²) in [7, 11) is 1.56. The van der Waals surface area contributed by atoms with E-state index in [0.29, 0.717) is 17.4 Å². The molecule has 1 atom stereocenters. The van der Waals surface area contributed by atoms with Crippen molar-refractivity contribution in [1.82, 2.24) is 9.97 Å². The van der Waals surface area contributed by atoms with Crippen LogP contribution in [0.5, 0.6) is 5.75 Å². The molecule has 146 valence electrons. The van der Waals surface area contributed by atoms with Crippen LogP contribution in [0.4, 0.5) is 17.5 Å². The molecule has 0 radical (unpaired) electrons. The van der Waals surface area contributed by atoms with Gasteiger partial charge in [0.25, 0.3) is 5.56 Å². The number of amides is 2. The summed E-state index contributed by atoms with van der Waals surface area (Å²) in [5, 5.41) is 5.39. The molecule has 1 aromatic carbocycles. The highest BCUT2D eigenvalue weighted by molar-refractivity contribution is 6.04. The van der Waals surface area contributed by atoms with Crippen molar-refractivity contribution < 1.29 is 14.3 Å². The minimum Gasteiger partial charge on any atom is -0.497 e. The predicted octanol–water partition coefficient (Wildman–Crippen LogP) is 1.44. The van der Waals surface area contributed by atoms with Gasteiger partial charge in [0.1, 0.15) is 11.6 Å². The maximum absolute atomic E-state index is 12.8. The predicted molar refractivity (Wildman–Crippen MR) is 104 cm³/mol. The van der Waals surface area contributed by atoms with Gasteiger partial charge in [-0.3, -0.25) is 19.4 Å². The largest absolute Gasteiger partial charge is 0.497 e. The molecule has 2 aliphatic rings. The SMILES string of the molecule is COc1ccc(NC(=O)C2CC(=O)Nc3nc(N4CCCC4)[nH]c(=O)c32)cc1. The number of nitrogens with zero attached hydrogens (tertiary/aromatic N) is 2. The molecule has 0 aliphatic carbocycles. The summed E-state index contributed by atoms with van der Waals surface area (Å²) in [6, 6.07) is 6.82. The van der Waals surface area contributed by atoms with Crippen LogP contribution < -0.4 is 25.8 Å². The molecule has 3 heterocycles. The van der Waals surface area contributed by atoms with Gasteiger partial charge in [-0.25, -0.2) is 0 Å². The second-order valence-corrected chi connectivity index (χ2v) is 6.87. The van der Waals surface area contributed by atoms with Crippen LogP contribution in [-0.2, 0) is 9.59 Å². The third-order valence-corrected chi connectivity index (χ3v) is 5.02. The quantitative estimate of drug-likeness (QED) is 0.736. The number of ether oxygens (including phenoxy) is 1. The van der Waals surface area contributed by atoms with Gasteiger partial charge in [-0.2, -0.15) is 4.98 Å². The number of nitrogens with one attached hydrogen (secondary N) is 3. The molecule has 1 saturated heterocycles. The number of hydrogen-bond donors (Lipinski definition) is 3. The molecular formula is C19H21N5O4. The van der Waals surface area contributed by atoms with Crippen molar-refractivity contribution in [2.45, 2.75) is 25.2 Å². The zero-order valence-electron chi connectivity index (χ0n) is 15.4. The van der Waals surface area contributed by atoms with Crippen molar-refractivity contribution in [3.63, 3.8) is 0 Å². The summed E-state index contributed by atoms with van der Waals surface area (Å²) in [6.07, 6.45) is 1.95. The van der Waals surface area contributed by atoms with Gasteiger partial charge >= 0.3 is 0 Å². The number of fused-ring (bicyclic) bond motifs is 1. The number of aromatic amines is 1. The Bertz CT molecular complexity index is 963. The molecule has 3 N–H and O–H groups in total. The van der Waals surface area contributed by atoms with Crippen molar-refractivity contribution >= 4 is 29.3 Å². The standard InChI is InChI=1S/C19H21N5O4/c1-28-12-6-4-11(5-7-12)20-17(26)13-10-14(25)21-16-15(13)18(27)23-19(22-16)24-8-2-3-9-24/h4-7,13H,2-3,8-10H2,1H3,(H,20,26)(H2,21,22,23,25,27). The van der Waals surface area contributed by atoms with Gasteiger partial charge in [0.2, 0.25) is 17.8 Å². The first-order valence-electron chi connectivity index (χ1n) is 9.19. The molecule has 1 fully saturated rings. The van der Waals surface area contributed by atoms with Crippen LogP contribution in [-0.4, -0.2) is 42.0 Å². The Labute approximate surface area is 161 Å². The summed E-state index contributed by atoms with van der Waals surface area (Å²) in [5.74, 6) is -0.421. The normalized spacial score (nSPS) is 18.4. The Morgan fingerprint density at radius 1 is 1.21 bits per heavy atom. The summed E-state index contributed by atoms with van der Waals surface area (Å²) in [4.78, 5) is 46.8. The fourth-order valence-electron chi connectivity index (χ4n) is 3.57. The van der Waals surface area contributed by atoms with E-state index in [0.717, 1.165) is 25.9 Å². The average molecular weight is 383 g/mol. The number of hydrogen-bond acceptors (Lipinski definition) is 6. The van der Waals surface area contributed by atoms with Crippen molar-refractivity contribution in [3.05, 3.63) is 40.2 Å². The number of carbonyl (C=O) groups is 2. The van der Waals surface area contributed by atoms with Crippen LogP contribution >= 0.6 is 0 Å². The molecule has 9 nitrogen and oxygen atoms in total. The highest BCUT2D eigenvalue weighted by atomic mass is 16.5. The van der Waals surface area contributed by atoms with Crippen LogP contribution in [0.15, 0.2) is 29.1 Å². The van der Waals surface area contributed by atoms with Crippen molar-refractivity contribution in [2.24, 2.45) is 0 Å². The van der Waals surface area contributed by atoms with E-state index in [-0.39, 0.29) is 23.7 Å². The number of benzene rings is 1. The average Bonchev–Trinajstić information content (AvgIpc) is 3.22. The van der Waals surface area contributed by atoms with Crippen LogP contribution in [0, 0.1) is 0 Å². The van der Waals surface area contributed by atoms with E-state index < -0.39 is 17.4 Å². The van der Waals surface area contributed by atoms with Crippen LogP contribution in [0.25, 0.3) is 0 Å². The second kappa shape index (κ2) is 7.34. The van der Waals surface area contributed by atoms with E-state index >= 15 is 0 Å². The minimum atomic E-state index is -0.908. The lowest BCUT2D eigenvalue weighted by Crippen LogP contribution is -2.37. The Balaban J connectivity index is 1.62. The summed E-state index contributed by atoms with van der Waals surface area (Å²) in [6.45, 7) is 1.61. The molecule has 2 aliphatic heterocycles. The molecule has 2 amide bonds. The molecule has 28 heavy (non-hydrogen) atoms. The van der Waals surface area contributed by atoms with Crippen molar-refractivity contribution in [3.8, 4) is 5.75 Å². The Morgan fingerprint density at radius 2 is 1.93 bits per heavy atom. The van der Waals surface area contributed by atoms with E-state index in [1.807, 2.05) is 4.90 Å². The summed E-state index contributed by atoms with van der Waals surface area (Å²) >= 11 is 0. The number of methoxy groups -OCH3 is 1. The van der Waals surface area contributed by atoms with Crippen molar-refractivity contribution in [1.29, 1.82) is 0 Å². The Hall–Kier alpha value is -3.36. The maximum atomic E-state index is 12.8. The Kier molecular flexibility index (Phi) is 4.72. The van der Waals surface area contributed by atoms with Gasteiger partial charge in [-0.1, -0.05) is 0 Å². The molecular weight excluding hydrogens is 362 g/mol. The second-order valence-electron chi connectivity index (χ2n) is 6.87. The van der Waals surface area contributed by atoms with E-state index in [4.69, 9.17) is 4.74 Å². The Morgan fingerprint density at radius 3 is 2.61 bits per heavy atom. The van der Waals surface area contributed by atoms with Gasteiger partial charge in [0, 0.05) is 25.2 Å². The zero-order chi connectivity index (χ0) is 19.7. The van der Waals surface area contributed by atoms with Crippen LogP contribution in [0.3, 0.4) is 0 Å². The first-order valence-corrected chi connectivity index (χ1v) is 9.19. The van der Waals surface area contributed by atoms with Crippen LogP contribution in [0.1, 0.15) is 30.7 Å². The smallest absolute Gasteiger partial charge is 0.258 e. The van der Waals surface area contributed by atoms with E-state index in [1.165, 1.54) is 0 Å². The number of anilines is 3. The van der Waals surface area contributed by atoms with Gasteiger partial charge in [-0.05, 0) is 37.1 Å². The highest BCUT2D eigenvalue weighted by Crippen LogP contribution is 2.30. The number of H-pyrrole nitrogens is 1. The molecule has 0 saturated carbocycles. The first kappa shape index (κ1) is 18.0. The fourth-order valence-corrected chi connectivity index (χ4v) is 3.57. The molecule has 4 rings (SSSR count). The summed E-state index contributed by atoms with van der Waals surface area (Å²) in [5.41, 5.74) is 0.340. The van der Waals surface area contributed by atoms with Gasteiger partial charge < -0.3 is 20.3 Å². The summed E-state index contributed by atoms with van der Waals surface area (Å²) < 4.78 is 5.10. The van der Waals surface area contributed by atoms with Gasteiger partial charge in [0.15, 0.2) is 0 Å². The van der Waals surface area contributed by atoms with E-state index in [1.54, 1.807) is 31.4 Å². The highest BCUT2D eigenvalue weighted by Gasteiger charge is 2.35. The molecule has 9 heteroatoms. The van der Waals surface area contributed by atoms with E-state index in [9.17, 15) is 14.4 Å². The lowest BCUT2D eigenvalue weighted by atomic mass is 9.92.